The van der Waals surface area contributed by atoms with Gasteiger partial charge >= 0.3 is 0 Å². The molecule has 40 heavy (non-hydrogen) atoms. The number of halogens is 2. The standard InChI is InChI=1S/C30H35Cl2N3O4S/c1-5-17-33-30(37)27(6-2)34(19-23-13-16-25(31)26(32)18-23)29(36)20-35(28-10-8-7-9-22(28)4)40(38,39)24-14-11-21(3)12-15-24/h7-16,18,27H,5-6,17,19-20H2,1-4H3,(H,33,37). The summed E-state index contributed by atoms with van der Waals surface area (Å²) >= 11 is 12.3. The second-order valence-corrected chi connectivity index (χ2v) is 12.3. The smallest absolute Gasteiger partial charge is 0.264 e. The summed E-state index contributed by atoms with van der Waals surface area (Å²) in [7, 11) is -4.13. The fourth-order valence-corrected chi connectivity index (χ4v) is 6.11. The van der Waals surface area contributed by atoms with Crippen molar-refractivity contribution in [2.75, 3.05) is 17.4 Å². The summed E-state index contributed by atoms with van der Waals surface area (Å²) < 4.78 is 29.0. The fourth-order valence-electron chi connectivity index (χ4n) is 4.31. The van der Waals surface area contributed by atoms with Crippen LogP contribution in [0.1, 0.15) is 43.4 Å². The van der Waals surface area contributed by atoms with Crippen molar-refractivity contribution in [1.82, 2.24) is 10.2 Å². The van der Waals surface area contributed by atoms with E-state index in [0.29, 0.717) is 39.8 Å². The van der Waals surface area contributed by atoms with Crippen LogP contribution in [-0.4, -0.2) is 44.3 Å². The number of hydrogen-bond acceptors (Lipinski definition) is 4. The van der Waals surface area contributed by atoms with E-state index in [9.17, 15) is 18.0 Å². The average Bonchev–Trinajstić information content (AvgIpc) is 2.93. The first-order chi connectivity index (χ1) is 19.0. The molecule has 0 radical (unpaired) electrons. The molecule has 0 aliphatic rings. The third-order valence-corrected chi connectivity index (χ3v) is 9.06. The van der Waals surface area contributed by atoms with Gasteiger partial charge in [0.15, 0.2) is 0 Å². The number of amides is 2. The van der Waals surface area contributed by atoms with Gasteiger partial charge in [-0.1, -0.05) is 79.0 Å². The highest BCUT2D eigenvalue weighted by Crippen LogP contribution is 2.28. The Morgan fingerprint density at radius 1 is 0.925 bits per heavy atom. The number of para-hydroxylation sites is 1. The number of aryl methyl sites for hydroxylation is 2. The van der Waals surface area contributed by atoms with Crippen molar-refractivity contribution in [3.63, 3.8) is 0 Å². The molecule has 0 aliphatic heterocycles. The molecule has 0 bridgehead atoms. The van der Waals surface area contributed by atoms with Crippen molar-refractivity contribution in [2.45, 2.75) is 58.0 Å². The predicted octanol–water partition coefficient (Wildman–Crippen LogP) is 6.14. The van der Waals surface area contributed by atoms with Crippen LogP contribution in [0, 0.1) is 13.8 Å². The quantitative estimate of drug-likeness (QED) is 0.269. The summed E-state index contributed by atoms with van der Waals surface area (Å²) in [5.74, 6) is -0.829. The molecular formula is C30H35Cl2N3O4S. The molecule has 3 aromatic carbocycles. The fraction of sp³-hybridized carbons (Fsp3) is 0.333. The first-order valence-corrected chi connectivity index (χ1v) is 15.3. The number of carbonyl (C=O) groups is 2. The zero-order chi connectivity index (χ0) is 29.4. The highest BCUT2D eigenvalue weighted by molar-refractivity contribution is 7.92. The van der Waals surface area contributed by atoms with Gasteiger partial charge in [-0.05, 0) is 68.1 Å². The van der Waals surface area contributed by atoms with E-state index < -0.39 is 28.5 Å². The molecule has 0 saturated carbocycles. The average molecular weight is 605 g/mol. The molecule has 1 atom stereocenters. The number of carbonyl (C=O) groups excluding carboxylic acids is 2. The zero-order valence-electron chi connectivity index (χ0n) is 23.2. The molecule has 0 heterocycles. The minimum absolute atomic E-state index is 0.0416. The van der Waals surface area contributed by atoms with E-state index in [0.717, 1.165) is 16.3 Å². The molecule has 0 fully saturated rings. The molecule has 214 valence electrons. The maximum Gasteiger partial charge on any atom is 0.264 e. The van der Waals surface area contributed by atoms with Crippen LogP contribution in [0.3, 0.4) is 0 Å². The lowest BCUT2D eigenvalue weighted by atomic mass is 10.1. The van der Waals surface area contributed by atoms with Crippen molar-refractivity contribution < 1.29 is 18.0 Å². The summed E-state index contributed by atoms with van der Waals surface area (Å²) in [4.78, 5) is 28.7. The lowest BCUT2D eigenvalue weighted by Crippen LogP contribution is -2.52. The van der Waals surface area contributed by atoms with Gasteiger partial charge in [0, 0.05) is 13.1 Å². The van der Waals surface area contributed by atoms with Crippen LogP contribution in [0.5, 0.6) is 0 Å². The van der Waals surface area contributed by atoms with Crippen LogP contribution in [0.15, 0.2) is 71.6 Å². The Balaban J connectivity index is 2.07. The van der Waals surface area contributed by atoms with Crippen molar-refractivity contribution >= 4 is 50.7 Å². The Bertz CT molecular complexity index is 1450. The lowest BCUT2D eigenvalue weighted by Gasteiger charge is -2.33. The molecule has 1 N–H and O–H groups in total. The Morgan fingerprint density at radius 3 is 2.20 bits per heavy atom. The topological polar surface area (TPSA) is 86.8 Å². The van der Waals surface area contributed by atoms with Gasteiger partial charge in [0.1, 0.15) is 12.6 Å². The van der Waals surface area contributed by atoms with Crippen LogP contribution >= 0.6 is 23.2 Å². The minimum atomic E-state index is -4.13. The molecule has 0 spiro atoms. The number of hydrogen-bond donors (Lipinski definition) is 1. The highest BCUT2D eigenvalue weighted by Gasteiger charge is 2.34. The van der Waals surface area contributed by atoms with E-state index >= 15 is 0 Å². The first-order valence-electron chi connectivity index (χ1n) is 13.2. The van der Waals surface area contributed by atoms with E-state index in [1.807, 2.05) is 20.8 Å². The predicted molar refractivity (Wildman–Crippen MR) is 161 cm³/mol. The van der Waals surface area contributed by atoms with E-state index in [1.54, 1.807) is 61.5 Å². The molecule has 0 aromatic heterocycles. The lowest BCUT2D eigenvalue weighted by molar-refractivity contribution is -0.140. The first kappa shape index (κ1) is 31.5. The van der Waals surface area contributed by atoms with Crippen molar-refractivity contribution in [2.24, 2.45) is 0 Å². The van der Waals surface area contributed by atoms with Crippen LogP contribution in [0.2, 0.25) is 10.0 Å². The van der Waals surface area contributed by atoms with Crippen molar-refractivity contribution in [1.29, 1.82) is 0 Å². The summed E-state index contributed by atoms with van der Waals surface area (Å²) in [6, 6.07) is 17.7. The zero-order valence-corrected chi connectivity index (χ0v) is 25.5. The second kappa shape index (κ2) is 14.0. The number of rotatable bonds is 12. The van der Waals surface area contributed by atoms with Gasteiger partial charge in [0.2, 0.25) is 11.8 Å². The Morgan fingerprint density at radius 2 is 1.60 bits per heavy atom. The van der Waals surface area contributed by atoms with Crippen LogP contribution in [-0.2, 0) is 26.2 Å². The molecule has 10 heteroatoms. The molecule has 3 aromatic rings. The van der Waals surface area contributed by atoms with Crippen LogP contribution < -0.4 is 9.62 Å². The van der Waals surface area contributed by atoms with E-state index in [4.69, 9.17) is 23.2 Å². The van der Waals surface area contributed by atoms with E-state index in [1.165, 1.54) is 17.0 Å². The van der Waals surface area contributed by atoms with Gasteiger partial charge in [-0.25, -0.2) is 8.42 Å². The van der Waals surface area contributed by atoms with Crippen LogP contribution in [0.25, 0.3) is 0 Å². The van der Waals surface area contributed by atoms with Gasteiger partial charge in [0.25, 0.3) is 10.0 Å². The maximum absolute atomic E-state index is 14.1. The van der Waals surface area contributed by atoms with E-state index in [2.05, 4.69) is 5.32 Å². The largest absolute Gasteiger partial charge is 0.354 e. The number of benzene rings is 3. The Labute approximate surface area is 247 Å². The summed E-state index contributed by atoms with van der Waals surface area (Å²) in [5.41, 5.74) is 2.65. The van der Waals surface area contributed by atoms with Gasteiger partial charge in [0.05, 0.1) is 20.6 Å². The summed E-state index contributed by atoms with van der Waals surface area (Å²) in [6.45, 7) is 7.41. The Hall–Kier alpha value is -3.07. The molecule has 2 amide bonds. The van der Waals surface area contributed by atoms with Gasteiger partial charge in [-0.15, -0.1) is 0 Å². The number of nitrogens with zero attached hydrogens (tertiary/aromatic N) is 2. The maximum atomic E-state index is 14.1. The normalized spacial score (nSPS) is 12.1. The second-order valence-electron chi connectivity index (χ2n) is 9.60. The van der Waals surface area contributed by atoms with Crippen molar-refractivity contribution in [3.05, 3.63) is 93.5 Å². The molecule has 7 nitrogen and oxygen atoms in total. The van der Waals surface area contributed by atoms with Gasteiger partial charge in [-0.3, -0.25) is 13.9 Å². The number of anilines is 1. The highest BCUT2D eigenvalue weighted by atomic mass is 35.5. The summed E-state index contributed by atoms with van der Waals surface area (Å²) in [6.07, 6.45) is 1.07. The van der Waals surface area contributed by atoms with Crippen LogP contribution in [0.4, 0.5) is 5.69 Å². The van der Waals surface area contributed by atoms with E-state index in [-0.39, 0.29) is 17.3 Å². The van der Waals surface area contributed by atoms with Gasteiger partial charge < -0.3 is 10.2 Å². The molecule has 1 unspecified atom stereocenters. The number of sulfonamides is 1. The molecule has 3 rings (SSSR count). The number of nitrogens with one attached hydrogen (secondary N) is 1. The summed E-state index contributed by atoms with van der Waals surface area (Å²) in [5, 5.41) is 3.55. The molecule has 0 saturated heterocycles. The SMILES string of the molecule is CCCNC(=O)C(CC)N(Cc1ccc(Cl)c(Cl)c1)C(=O)CN(c1ccccc1C)S(=O)(=O)c1ccc(C)cc1. The van der Waals surface area contributed by atoms with Gasteiger partial charge in [-0.2, -0.15) is 0 Å². The molecular weight excluding hydrogens is 569 g/mol. The van der Waals surface area contributed by atoms with Crippen molar-refractivity contribution in [3.8, 4) is 0 Å². The third-order valence-electron chi connectivity index (χ3n) is 6.54. The third kappa shape index (κ3) is 7.56. The Kier molecular flexibility index (Phi) is 11.0. The molecule has 0 aliphatic carbocycles. The minimum Gasteiger partial charge on any atom is -0.354 e. The monoisotopic (exact) mass is 603 g/mol.